The van der Waals surface area contributed by atoms with Crippen LogP contribution in [0.25, 0.3) is 0 Å². The minimum absolute atomic E-state index is 0.329. The molecule has 1 saturated heterocycles. The topological polar surface area (TPSA) is 18.5 Å². The third-order valence-corrected chi connectivity index (χ3v) is 6.86. The van der Waals surface area contributed by atoms with E-state index < -0.39 is 7.12 Å². The van der Waals surface area contributed by atoms with Crippen molar-refractivity contribution in [3.8, 4) is 11.7 Å². The van der Waals surface area contributed by atoms with Gasteiger partial charge in [-0.05, 0) is 58.2 Å². The van der Waals surface area contributed by atoms with Crippen molar-refractivity contribution in [3.05, 3.63) is 35.4 Å². The van der Waals surface area contributed by atoms with Gasteiger partial charge in [-0.3, -0.25) is 0 Å². The number of rotatable bonds is 13. The van der Waals surface area contributed by atoms with Gasteiger partial charge in [-0.2, -0.15) is 0 Å². The second kappa shape index (κ2) is 13.3. The summed E-state index contributed by atoms with van der Waals surface area (Å²) in [5.74, 6) is 6.33. The summed E-state index contributed by atoms with van der Waals surface area (Å²) in [5.41, 5.74) is 1.77. The van der Waals surface area contributed by atoms with Gasteiger partial charge in [-0.1, -0.05) is 101 Å². The molecule has 1 heterocycles. The average Bonchev–Trinajstić information content (AvgIpc) is 2.94. The van der Waals surface area contributed by atoms with Crippen molar-refractivity contribution in [3.63, 3.8) is 0 Å². The lowest BCUT2D eigenvalue weighted by molar-refractivity contribution is 0.00578. The van der Waals surface area contributed by atoms with Gasteiger partial charge in [0.1, 0.15) is 0 Å². The molecule has 2 nitrogen and oxygen atoms in total. The van der Waals surface area contributed by atoms with E-state index in [1.807, 2.05) is 0 Å². The van der Waals surface area contributed by atoms with Gasteiger partial charge in [0.25, 0.3) is 0 Å². The highest BCUT2D eigenvalue weighted by Crippen LogP contribution is 2.36. The predicted octanol–water partition coefficient (Wildman–Crippen LogP) is 7.91. The van der Waals surface area contributed by atoms with Gasteiger partial charge in [0, 0.05) is 5.56 Å². The van der Waals surface area contributed by atoms with E-state index in [1.165, 1.54) is 89.0 Å². The van der Waals surface area contributed by atoms with E-state index in [2.05, 4.69) is 70.6 Å². The molecule has 1 aliphatic rings. The zero-order valence-corrected chi connectivity index (χ0v) is 20.9. The van der Waals surface area contributed by atoms with Crippen LogP contribution in [0.15, 0.2) is 24.3 Å². The molecule has 0 aliphatic carbocycles. The summed E-state index contributed by atoms with van der Waals surface area (Å²) in [6, 6.07) is 8.67. The third kappa shape index (κ3) is 9.42. The van der Waals surface area contributed by atoms with Crippen LogP contribution in [0.3, 0.4) is 0 Å². The molecule has 3 heteroatoms. The van der Waals surface area contributed by atoms with Gasteiger partial charge >= 0.3 is 7.12 Å². The number of unbranched alkanes of at least 4 members (excludes halogenated alkanes) is 11. The minimum Gasteiger partial charge on any atom is -0.392 e. The van der Waals surface area contributed by atoms with Crippen LogP contribution < -0.4 is 0 Å². The van der Waals surface area contributed by atoms with E-state index in [9.17, 15) is 0 Å². The minimum atomic E-state index is -0.453. The fourth-order valence-electron chi connectivity index (χ4n) is 3.97. The van der Waals surface area contributed by atoms with Gasteiger partial charge in [-0.15, -0.1) is 0 Å². The Morgan fingerprint density at radius 2 is 1.13 bits per heavy atom. The molecule has 31 heavy (non-hydrogen) atoms. The summed E-state index contributed by atoms with van der Waals surface area (Å²) in [4.78, 5) is 0. The molecule has 0 unspecified atom stereocenters. The normalized spacial score (nSPS) is 16.9. The summed E-state index contributed by atoms with van der Waals surface area (Å²) in [7, 11) is -0.453. The van der Waals surface area contributed by atoms with Crippen LogP contribution in [0, 0.1) is 11.7 Å². The van der Waals surface area contributed by atoms with Crippen molar-refractivity contribution in [1.29, 1.82) is 0 Å². The number of aryl methyl sites for hydroxylation is 1. The van der Waals surface area contributed by atoms with E-state index in [4.69, 9.17) is 9.31 Å². The fraction of sp³-hybridized carbons (Fsp3) is 0.714. The van der Waals surface area contributed by atoms with E-state index in [-0.39, 0.29) is 11.2 Å². The SMILES string of the molecule is CCCCCCCCCCCCCCc1ccc(C#CB2OC(C)(C)C(C)(C)O2)cc1. The van der Waals surface area contributed by atoms with Crippen LogP contribution in [0.5, 0.6) is 0 Å². The van der Waals surface area contributed by atoms with Crippen molar-refractivity contribution in [2.75, 3.05) is 0 Å². The molecule has 1 aromatic carbocycles. The highest BCUT2D eigenvalue weighted by molar-refractivity contribution is 6.55. The molecule has 0 spiro atoms. The van der Waals surface area contributed by atoms with E-state index in [1.54, 1.807) is 0 Å². The van der Waals surface area contributed by atoms with Crippen LogP contribution in [0.2, 0.25) is 0 Å². The first kappa shape index (κ1) is 26.0. The molecular formula is C28H45BO2. The Labute approximate surface area is 193 Å². The molecule has 0 radical (unpaired) electrons. The van der Waals surface area contributed by atoms with Crippen molar-refractivity contribution in [1.82, 2.24) is 0 Å². The highest BCUT2D eigenvalue weighted by atomic mass is 16.7. The first-order valence-electron chi connectivity index (χ1n) is 12.8. The van der Waals surface area contributed by atoms with Crippen molar-refractivity contribution < 1.29 is 9.31 Å². The van der Waals surface area contributed by atoms with Gasteiger partial charge in [0.2, 0.25) is 0 Å². The molecular weight excluding hydrogens is 379 g/mol. The van der Waals surface area contributed by atoms with E-state index >= 15 is 0 Å². The van der Waals surface area contributed by atoms with Crippen LogP contribution >= 0.6 is 0 Å². The fourth-order valence-corrected chi connectivity index (χ4v) is 3.97. The van der Waals surface area contributed by atoms with Crippen molar-refractivity contribution in [2.24, 2.45) is 0 Å². The molecule has 1 fully saturated rings. The summed E-state index contributed by atoms with van der Waals surface area (Å²) in [6.45, 7) is 10.5. The molecule has 0 aromatic heterocycles. The lowest BCUT2D eigenvalue weighted by atomic mass is 9.90. The number of benzene rings is 1. The first-order chi connectivity index (χ1) is 14.8. The molecule has 0 bridgehead atoms. The molecule has 1 aromatic rings. The second-order valence-corrected chi connectivity index (χ2v) is 10.2. The third-order valence-electron chi connectivity index (χ3n) is 6.86. The second-order valence-electron chi connectivity index (χ2n) is 10.2. The Morgan fingerprint density at radius 3 is 1.61 bits per heavy atom. The Balaban J connectivity index is 1.55. The number of hydrogen-bond donors (Lipinski definition) is 0. The molecule has 172 valence electrons. The van der Waals surface area contributed by atoms with Gasteiger partial charge in [0.15, 0.2) is 0 Å². The smallest absolute Gasteiger partial charge is 0.392 e. The van der Waals surface area contributed by atoms with Gasteiger partial charge < -0.3 is 9.31 Å². The van der Waals surface area contributed by atoms with Crippen molar-refractivity contribution in [2.45, 2.75) is 129 Å². The van der Waals surface area contributed by atoms with Gasteiger partial charge in [-0.25, -0.2) is 0 Å². The summed E-state index contributed by atoms with van der Waals surface area (Å²) < 4.78 is 11.9. The summed E-state index contributed by atoms with van der Waals surface area (Å²) in [6.07, 6.45) is 18.0. The molecule has 2 rings (SSSR count). The van der Waals surface area contributed by atoms with Crippen LogP contribution in [-0.4, -0.2) is 18.3 Å². The predicted molar refractivity (Wildman–Crippen MR) is 134 cm³/mol. The monoisotopic (exact) mass is 424 g/mol. The molecule has 0 N–H and O–H groups in total. The quantitative estimate of drug-likeness (QED) is 0.182. The zero-order valence-electron chi connectivity index (χ0n) is 20.9. The van der Waals surface area contributed by atoms with Crippen LogP contribution in [0.4, 0.5) is 0 Å². The van der Waals surface area contributed by atoms with Crippen LogP contribution in [0.1, 0.15) is 123 Å². The molecule has 0 atom stereocenters. The Kier molecular flexibility index (Phi) is 11.2. The molecule has 1 aliphatic heterocycles. The lowest BCUT2D eigenvalue weighted by Gasteiger charge is -2.32. The first-order valence-corrected chi connectivity index (χ1v) is 12.8. The molecule has 0 saturated carbocycles. The Bertz CT molecular complexity index is 665. The largest absolute Gasteiger partial charge is 0.551 e. The maximum absolute atomic E-state index is 5.94. The molecule has 0 amide bonds. The summed E-state index contributed by atoms with van der Waals surface area (Å²) in [5, 5.41) is 0. The average molecular weight is 424 g/mol. The van der Waals surface area contributed by atoms with Crippen LogP contribution in [-0.2, 0) is 15.7 Å². The van der Waals surface area contributed by atoms with E-state index in [0.29, 0.717) is 0 Å². The Morgan fingerprint density at radius 1 is 0.677 bits per heavy atom. The van der Waals surface area contributed by atoms with E-state index in [0.717, 1.165) is 5.56 Å². The number of hydrogen-bond acceptors (Lipinski definition) is 2. The highest BCUT2D eigenvalue weighted by Gasteiger charge is 2.50. The summed E-state index contributed by atoms with van der Waals surface area (Å²) >= 11 is 0. The zero-order chi connectivity index (χ0) is 22.6. The lowest BCUT2D eigenvalue weighted by Crippen LogP contribution is -2.41. The maximum Gasteiger partial charge on any atom is 0.551 e. The Hall–Kier alpha value is -1.24. The van der Waals surface area contributed by atoms with Gasteiger partial charge in [0.05, 0.1) is 11.2 Å². The maximum atomic E-state index is 5.94. The standard InChI is InChI=1S/C28H45BO2/c1-6-7-8-9-10-11-12-13-14-15-16-17-18-25-19-21-26(22-20-25)23-24-29-30-27(2,3)28(4,5)31-29/h19-22H,6-18H2,1-5H3. The van der Waals surface area contributed by atoms with Crippen molar-refractivity contribution >= 4 is 7.12 Å².